The maximum atomic E-state index is 11.7. The first-order chi connectivity index (χ1) is 14.0. The van der Waals surface area contributed by atoms with Gasteiger partial charge in [-0.1, -0.05) is 35.1 Å². The van der Waals surface area contributed by atoms with Crippen LogP contribution in [-0.2, 0) is 0 Å². The number of nitro groups is 1. The highest BCUT2D eigenvalue weighted by molar-refractivity contribution is 7.22. The Balaban J connectivity index is 1.70. The van der Waals surface area contributed by atoms with E-state index in [2.05, 4.69) is 25.6 Å². The van der Waals surface area contributed by atoms with E-state index in [1.807, 2.05) is 12.1 Å². The molecule has 9 nitrogen and oxygen atoms in total. The topological polar surface area (TPSA) is 115 Å². The fraction of sp³-hybridized carbons (Fsp3) is 0.0556. The molecule has 2 aromatic heterocycles. The Morgan fingerprint density at radius 2 is 1.90 bits per heavy atom. The molecule has 0 amide bonds. The van der Waals surface area contributed by atoms with Crippen LogP contribution in [0.3, 0.4) is 0 Å². The van der Waals surface area contributed by atoms with Crippen molar-refractivity contribution in [1.82, 2.24) is 15.0 Å². The molecule has 11 heteroatoms. The average Bonchev–Trinajstić information content (AvgIpc) is 3.11. The molecule has 0 fully saturated rings. The molecular weight excluding hydrogens is 416 g/mol. The van der Waals surface area contributed by atoms with Crippen LogP contribution in [0.1, 0.15) is 0 Å². The summed E-state index contributed by atoms with van der Waals surface area (Å²) >= 11 is 7.46. The summed E-state index contributed by atoms with van der Waals surface area (Å²) in [4.78, 5) is 23.7. The van der Waals surface area contributed by atoms with Crippen molar-refractivity contribution < 1.29 is 9.66 Å². The van der Waals surface area contributed by atoms with E-state index in [4.69, 9.17) is 16.3 Å². The lowest BCUT2D eigenvalue weighted by Crippen LogP contribution is -2.05. The molecule has 0 radical (unpaired) electrons. The molecule has 2 N–H and O–H groups in total. The predicted octanol–water partition coefficient (Wildman–Crippen LogP) is 5.14. The summed E-state index contributed by atoms with van der Waals surface area (Å²) in [6.07, 6.45) is 1.23. The standard InChI is InChI=1S/C18H13ClN6O3S/c1-28-10-6-7-13-14(8-10)29-18(23-13)24-17-15(25(26)27)16(20-9-21-17)22-12-5-3-2-4-11(12)19/h2-9H,1H3,(H2,20,21,22,23,24). The van der Waals surface area contributed by atoms with Crippen LogP contribution in [-0.4, -0.2) is 27.0 Å². The molecule has 0 aliphatic rings. The average molecular weight is 429 g/mol. The lowest BCUT2D eigenvalue weighted by Gasteiger charge is -2.09. The highest BCUT2D eigenvalue weighted by atomic mass is 35.5. The van der Waals surface area contributed by atoms with Gasteiger partial charge in [0, 0.05) is 0 Å². The molecule has 2 heterocycles. The number of nitrogens with one attached hydrogen (secondary N) is 2. The van der Waals surface area contributed by atoms with Crippen molar-refractivity contribution in [1.29, 1.82) is 0 Å². The summed E-state index contributed by atoms with van der Waals surface area (Å²) < 4.78 is 6.08. The van der Waals surface area contributed by atoms with Gasteiger partial charge < -0.3 is 15.4 Å². The number of para-hydroxylation sites is 1. The number of halogens is 1. The third-order valence-corrected chi connectivity index (χ3v) is 5.22. The zero-order valence-electron chi connectivity index (χ0n) is 14.9. The second-order valence-corrected chi connectivity index (χ2v) is 7.20. The van der Waals surface area contributed by atoms with Crippen LogP contribution in [0.25, 0.3) is 10.2 Å². The van der Waals surface area contributed by atoms with Crippen LogP contribution >= 0.6 is 22.9 Å². The van der Waals surface area contributed by atoms with Crippen LogP contribution in [0, 0.1) is 10.1 Å². The predicted molar refractivity (Wildman–Crippen MR) is 113 cm³/mol. The first-order valence-corrected chi connectivity index (χ1v) is 9.47. The maximum Gasteiger partial charge on any atom is 0.353 e. The van der Waals surface area contributed by atoms with E-state index in [0.717, 1.165) is 10.2 Å². The molecule has 2 aromatic carbocycles. The summed E-state index contributed by atoms with van der Waals surface area (Å²) in [6.45, 7) is 0. The van der Waals surface area contributed by atoms with Crippen LogP contribution < -0.4 is 15.4 Å². The highest BCUT2D eigenvalue weighted by Crippen LogP contribution is 2.36. The van der Waals surface area contributed by atoms with Crippen molar-refractivity contribution in [2.75, 3.05) is 17.7 Å². The summed E-state index contributed by atoms with van der Waals surface area (Å²) in [5.41, 5.74) is 0.919. The smallest absolute Gasteiger partial charge is 0.353 e. The van der Waals surface area contributed by atoms with Gasteiger partial charge in [-0.25, -0.2) is 15.0 Å². The minimum Gasteiger partial charge on any atom is -0.497 e. The number of aromatic nitrogens is 3. The fourth-order valence-corrected chi connectivity index (χ4v) is 3.69. The third kappa shape index (κ3) is 3.89. The summed E-state index contributed by atoms with van der Waals surface area (Å²) in [7, 11) is 1.58. The summed E-state index contributed by atoms with van der Waals surface area (Å²) in [6, 6.07) is 12.3. The Morgan fingerprint density at radius 3 is 2.62 bits per heavy atom. The minimum atomic E-state index is -0.558. The Labute approximate surface area is 173 Å². The molecule has 0 aliphatic carbocycles. The quantitative estimate of drug-likeness (QED) is 0.320. The molecular formula is C18H13ClN6O3S. The number of rotatable bonds is 6. The molecule has 0 bridgehead atoms. The number of methoxy groups -OCH3 is 1. The van der Waals surface area contributed by atoms with E-state index < -0.39 is 4.92 Å². The van der Waals surface area contributed by atoms with Gasteiger partial charge in [0.25, 0.3) is 0 Å². The Morgan fingerprint density at radius 1 is 1.14 bits per heavy atom. The molecule has 146 valence electrons. The second-order valence-electron chi connectivity index (χ2n) is 5.76. The lowest BCUT2D eigenvalue weighted by molar-refractivity contribution is -0.383. The molecule has 4 rings (SSSR count). The molecule has 0 saturated carbocycles. The first kappa shape index (κ1) is 18.8. The fourth-order valence-electron chi connectivity index (χ4n) is 2.61. The van der Waals surface area contributed by atoms with E-state index in [0.29, 0.717) is 21.6 Å². The van der Waals surface area contributed by atoms with Gasteiger partial charge in [0.1, 0.15) is 12.1 Å². The van der Waals surface area contributed by atoms with Crippen molar-refractivity contribution in [2.45, 2.75) is 0 Å². The number of hydrogen-bond donors (Lipinski definition) is 2. The Bertz CT molecular complexity index is 1220. The van der Waals surface area contributed by atoms with Crippen molar-refractivity contribution in [2.24, 2.45) is 0 Å². The monoisotopic (exact) mass is 428 g/mol. The highest BCUT2D eigenvalue weighted by Gasteiger charge is 2.24. The summed E-state index contributed by atoms with van der Waals surface area (Å²) in [5, 5.41) is 18.4. The van der Waals surface area contributed by atoms with Crippen LogP contribution in [0.15, 0.2) is 48.8 Å². The van der Waals surface area contributed by atoms with E-state index in [1.54, 1.807) is 37.4 Å². The van der Waals surface area contributed by atoms with E-state index in [1.165, 1.54) is 17.7 Å². The normalized spacial score (nSPS) is 10.7. The van der Waals surface area contributed by atoms with Crippen molar-refractivity contribution in [3.8, 4) is 5.75 Å². The van der Waals surface area contributed by atoms with Crippen LogP contribution in [0.2, 0.25) is 5.02 Å². The van der Waals surface area contributed by atoms with E-state index >= 15 is 0 Å². The third-order valence-electron chi connectivity index (χ3n) is 3.95. The van der Waals surface area contributed by atoms with Gasteiger partial charge in [-0.15, -0.1) is 0 Å². The van der Waals surface area contributed by atoms with Gasteiger partial charge in [0.15, 0.2) is 5.13 Å². The molecule has 0 saturated heterocycles. The van der Waals surface area contributed by atoms with Gasteiger partial charge >= 0.3 is 5.69 Å². The van der Waals surface area contributed by atoms with E-state index in [-0.39, 0.29) is 17.3 Å². The van der Waals surface area contributed by atoms with Crippen LogP contribution in [0.5, 0.6) is 5.75 Å². The van der Waals surface area contributed by atoms with Gasteiger partial charge in [-0.3, -0.25) is 10.1 Å². The Hall–Kier alpha value is -3.50. The van der Waals surface area contributed by atoms with Crippen molar-refractivity contribution in [3.63, 3.8) is 0 Å². The van der Waals surface area contributed by atoms with Gasteiger partial charge in [0.05, 0.1) is 33.0 Å². The molecule has 0 atom stereocenters. The van der Waals surface area contributed by atoms with Crippen LogP contribution in [0.4, 0.5) is 28.1 Å². The SMILES string of the molecule is COc1ccc2nc(Nc3ncnc(Nc4ccccc4Cl)c3[N+](=O)[O-])sc2c1. The largest absolute Gasteiger partial charge is 0.497 e. The second kappa shape index (κ2) is 7.86. The molecule has 4 aromatic rings. The maximum absolute atomic E-state index is 11.7. The number of benzene rings is 2. The molecule has 0 unspecified atom stereocenters. The first-order valence-electron chi connectivity index (χ1n) is 8.27. The van der Waals surface area contributed by atoms with Gasteiger partial charge in [-0.05, 0) is 30.3 Å². The van der Waals surface area contributed by atoms with Gasteiger partial charge in [0.2, 0.25) is 11.6 Å². The Kier molecular flexibility index (Phi) is 5.10. The molecule has 29 heavy (non-hydrogen) atoms. The minimum absolute atomic E-state index is 0.0170. The number of thiazole rings is 1. The zero-order valence-corrected chi connectivity index (χ0v) is 16.5. The summed E-state index contributed by atoms with van der Waals surface area (Å²) in [5.74, 6) is 0.737. The van der Waals surface area contributed by atoms with E-state index in [9.17, 15) is 10.1 Å². The van der Waals surface area contributed by atoms with Crippen molar-refractivity contribution >= 4 is 61.3 Å². The lowest BCUT2D eigenvalue weighted by atomic mass is 10.3. The zero-order chi connectivity index (χ0) is 20.4. The molecule has 0 aliphatic heterocycles. The van der Waals surface area contributed by atoms with Crippen molar-refractivity contribution in [3.05, 3.63) is 63.9 Å². The molecule has 0 spiro atoms. The number of nitrogens with zero attached hydrogens (tertiary/aromatic N) is 4. The number of anilines is 4. The number of fused-ring (bicyclic) bond motifs is 1. The number of ether oxygens (including phenoxy) is 1. The van der Waals surface area contributed by atoms with Gasteiger partial charge in [-0.2, -0.15) is 0 Å². The number of hydrogen-bond acceptors (Lipinski definition) is 9.